The Balaban J connectivity index is 2.13. The monoisotopic (exact) mass is 237 g/mol. The number of thioether (sulfide) groups is 1. The second-order valence-corrected chi connectivity index (χ2v) is 5.48. The van der Waals surface area contributed by atoms with E-state index in [0.717, 1.165) is 10.9 Å². The molecular formula is C12H15NS2. The Morgan fingerprint density at radius 1 is 1.33 bits per heavy atom. The van der Waals surface area contributed by atoms with Crippen molar-refractivity contribution < 1.29 is 0 Å². The third kappa shape index (κ3) is 2.52. The minimum absolute atomic E-state index is 0.409. The summed E-state index contributed by atoms with van der Waals surface area (Å²) in [5.41, 5.74) is 1.35. The van der Waals surface area contributed by atoms with Gasteiger partial charge in [-0.05, 0) is 18.9 Å². The predicted molar refractivity (Wildman–Crippen MR) is 71.2 cm³/mol. The quantitative estimate of drug-likeness (QED) is 0.725. The molecule has 0 spiro atoms. The Hall–Kier alpha value is -0.540. The van der Waals surface area contributed by atoms with Gasteiger partial charge >= 0.3 is 0 Å². The van der Waals surface area contributed by atoms with Gasteiger partial charge in [0.2, 0.25) is 0 Å². The summed E-state index contributed by atoms with van der Waals surface area (Å²) >= 11 is 7.20. The fraction of sp³-hybridized carbons (Fsp3) is 0.417. The van der Waals surface area contributed by atoms with Crippen LogP contribution >= 0.6 is 24.0 Å². The molecule has 0 unspecified atom stereocenters. The molecular weight excluding hydrogens is 222 g/mol. The summed E-state index contributed by atoms with van der Waals surface area (Å²) in [4.78, 5) is 2.33. The van der Waals surface area contributed by atoms with Crippen LogP contribution in [0.2, 0.25) is 0 Å². The molecule has 1 aliphatic heterocycles. The minimum Gasteiger partial charge on any atom is -0.351 e. The van der Waals surface area contributed by atoms with E-state index in [1.807, 2.05) is 0 Å². The Bertz CT molecular complexity index is 337. The summed E-state index contributed by atoms with van der Waals surface area (Å²) in [6, 6.07) is 11.0. The molecule has 1 nitrogen and oxygen atoms in total. The van der Waals surface area contributed by atoms with Crippen molar-refractivity contribution in [1.29, 1.82) is 0 Å². The topological polar surface area (TPSA) is 3.24 Å². The van der Waals surface area contributed by atoms with Gasteiger partial charge < -0.3 is 4.90 Å². The van der Waals surface area contributed by atoms with Crippen LogP contribution in [0.25, 0.3) is 0 Å². The zero-order valence-corrected chi connectivity index (χ0v) is 10.5. The molecule has 0 bridgehead atoms. The number of hydrogen-bond acceptors (Lipinski definition) is 2. The Morgan fingerprint density at radius 3 is 2.73 bits per heavy atom. The summed E-state index contributed by atoms with van der Waals surface area (Å²) in [5, 5.41) is 0. The van der Waals surface area contributed by atoms with Crippen molar-refractivity contribution in [1.82, 2.24) is 4.90 Å². The number of hydrogen-bond donors (Lipinski definition) is 0. The minimum atomic E-state index is 0.409. The van der Waals surface area contributed by atoms with Crippen LogP contribution in [0.4, 0.5) is 0 Å². The lowest BCUT2D eigenvalue weighted by Crippen LogP contribution is -2.34. The Morgan fingerprint density at radius 2 is 2.07 bits per heavy atom. The second kappa shape index (κ2) is 4.99. The molecule has 1 fully saturated rings. The van der Waals surface area contributed by atoms with Gasteiger partial charge in [0.25, 0.3) is 0 Å². The maximum Gasteiger partial charge on any atom is 0.136 e. The molecule has 80 valence electrons. The van der Waals surface area contributed by atoms with Crippen molar-refractivity contribution in [2.75, 3.05) is 12.3 Å². The molecule has 1 aromatic rings. The van der Waals surface area contributed by atoms with E-state index in [1.54, 1.807) is 11.8 Å². The zero-order valence-electron chi connectivity index (χ0n) is 8.85. The number of nitrogens with zero attached hydrogens (tertiary/aromatic N) is 1. The van der Waals surface area contributed by atoms with Gasteiger partial charge in [0.15, 0.2) is 0 Å². The average molecular weight is 237 g/mol. The van der Waals surface area contributed by atoms with Gasteiger partial charge in [-0.15, -0.1) is 0 Å². The molecule has 2 rings (SSSR count). The third-order valence-corrected chi connectivity index (χ3v) is 4.32. The van der Waals surface area contributed by atoms with E-state index in [2.05, 4.69) is 42.2 Å². The standard InChI is InChI=1S/C12H15NS2/c1-10(11-6-3-2-4-7-11)13-8-5-9-15-12(13)14/h2-4,6-7,10H,5,8-9H2,1H3/t10-/m0/s1. The highest BCUT2D eigenvalue weighted by Crippen LogP contribution is 2.27. The normalized spacial score (nSPS) is 19.0. The molecule has 0 aliphatic carbocycles. The van der Waals surface area contributed by atoms with E-state index in [-0.39, 0.29) is 0 Å². The van der Waals surface area contributed by atoms with Crippen molar-refractivity contribution in [3.63, 3.8) is 0 Å². The van der Waals surface area contributed by atoms with E-state index in [4.69, 9.17) is 12.2 Å². The summed E-state index contributed by atoms with van der Waals surface area (Å²) in [7, 11) is 0. The van der Waals surface area contributed by atoms with E-state index < -0.39 is 0 Å². The average Bonchev–Trinajstić information content (AvgIpc) is 2.30. The van der Waals surface area contributed by atoms with Crippen LogP contribution < -0.4 is 0 Å². The lowest BCUT2D eigenvalue weighted by atomic mass is 10.1. The molecule has 0 radical (unpaired) electrons. The van der Waals surface area contributed by atoms with Crippen LogP contribution in [0, 0.1) is 0 Å². The first-order chi connectivity index (χ1) is 7.29. The van der Waals surface area contributed by atoms with E-state index in [0.29, 0.717) is 6.04 Å². The van der Waals surface area contributed by atoms with Crippen molar-refractivity contribution in [2.24, 2.45) is 0 Å². The lowest BCUT2D eigenvalue weighted by molar-refractivity contribution is 0.345. The lowest BCUT2D eigenvalue weighted by Gasteiger charge is -2.34. The predicted octanol–water partition coefficient (Wildman–Crippen LogP) is 3.47. The van der Waals surface area contributed by atoms with Crippen LogP contribution in [-0.4, -0.2) is 21.5 Å². The maximum atomic E-state index is 5.39. The second-order valence-electron chi connectivity index (χ2n) is 3.75. The molecule has 1 heterocycles. The highest BCUT2D eigenvalue weighted by atomic mass is 32.2. The number of rotatable bonds is 2. The highest BCUT2D eigenvalue weighted by molar-refractivity contribution is 8.22. The van der Waals surface area contributed by atoms with Crippen LogP contribution in [0.3, 0.4) is 0 Å². The zero-order chi connectivity index (χ0) is 10.7. The molecule has 1 aromatic carbocycles. The fourth-order valence-corrected chi connectivity index (χ4v) is 3.19. The van der Waals surface area contributed by atoms with E-state index >= 15 is 0 Å². The van der Waals surface area contributed by atoms with Crippen molar-refractivity contribution >= 4 is 28.3 Å². The summed E-state index contributed by atoms with van der Waals surface area (Å²) in [6.45, 7) is 3.33. The number of thiocarbonyl (C=S) groups is 1. The molecule has 0 saturated carbocycles. The first kappa shape index (κ1) is 11.0. The van der Waals surface area contributed by atoms with E-state index in [9.17, 15) is 0 Å². The maximum absolute atomic E-state index is 5.39. The van der Waals surface area contributed by atoms with Crippen LogP contribution in [0.5, 0.6) is 0 Å². The SMILES string of the molecule is C[C@@H](c1ccccc1)N1CCCSC1=S. The van der Waals surface area contributed by atoms with Crippen molar-refractivity contribution in [3.8, 4) is 0 Å². The molecule has 1 aliphatic rings. The van der Waals surface area contributed by atoms with Crippen molar-refractivity contribution in [3.05, 3.63) is 35.9 Å². The summed E-state index contributed by atoms with van der Waals surface area (Å²) in [5.74, 6) is 1.18. The van der Waals surface area contributed by atoms with Crippen LogP contribution in [0.15, 0.2) is 30.3 Å². The van der Waals surface area contributed by atoms with Gasteiger partial charge in [-0.2, -0.15) is 0 Å². The fourth-order valence-electron chi connectivity index (χ4n) is 1.83. The molecule has 1 atom stereocenters. The summed E-state index contributed by atoms with van der Waals surface area (Å²) in [6.07, 6.45) is 1.24. The number of benzene rings is 1. The van der Waals surface area contributed by atoms with Crippen LogP contribution in [-0.2, 0) is 0 Å². The largest absolute Gasteiger partial charge is 0.351 e. The highest BCUT2D eigenvalue weighted by Gasteiger charge is 2.21. The van der Waals surface area contributed by atoms with Gasteiger partial charge in [-0.25, -0.2) is 0 Å². The van der Waals surface area contributed by atoms with Gasteiger partial charge in [0.1, 0.15) is 4.32 Å². The Kier molecular flexibility index (Phi) is 3.65. The van der Waals surface area contributed by atoms with Gasteiger partial charge in [0.05, 0.1) is 6.04 Å². The molecule has 0 amide bonds. The molecule has 0 N–H and O–H groups in total. The van der Waals surface area contributed by atoms with Crippen molar-refractivity contribution in [2.45, 2.75) is 19.4 Å². The van der Waals surface area contributed by atoms with Gasteiger partial charge in [-0.3, -0.25) is 0 Å². The first-order valence-corrected chi connectivity index (χ1v) is 6.67. The third-order valence-electron chi connectivity index (χ3n) is 2.75. The smallest absolute Gasteiger partial charge is 0.136 e. The molecule has 15 heavy (non-hydrogen) atoms. The first-order valence-electron chi connectivity index (χ1n) is 5.27. The van der Waals surface area contributed by atoms with Gasteiger partial charge in [0, 0.05) is 12.3 Å². The summed E-state index contributed by atoms with van der Waals surface area (Å²) < 4.78 is 1.05. The molecule has 3 heteroatoms. The molecule has 0 aromatic heterocycles. The van der Waals surface area contributed by atoms with E-state index in [1.165, 1.54) is 17.7 Å². The van der Waals surface area contributed by atoms with Gasteiger partial charge in [-0.1, -0.05) is 54.3 Å². The molecule has 1 saturated heterocycles. The Labute approximate surface area is 101 Å². The van der Waals surface area contributed by atoms with Crippen LogP contribution in [0.1, 0.15) is 24.9 Å².